The van der Waals surface area contributed by atoms with Gasteiger partial charge in [0, 0.05) is 12.4 Å². The Bertz CT molecular complexity index is 713. The van der Waals surface area contributed by atoms with Gasteiger partial charge in [0.15, 0.2) is 5.13 Å². The van der Waals surface area contributed by atoms with Crippen LogP contribution in [0.15, 0.2) is 36.9 Å². The lowest BCUT2D eigenvalue weighted by Gasteiger charge is -2.27. The van der Waals surface area contributed by atoms with Crippen LogP contribution in [0.3, 0.4) is 0 Å². The molecule has 21 heavy (non-hydrogen) atoms. The molecule has 0 aliphatic rings. The standard InChI is InChI=1S/C16H20N4S/c1-3-11(4-2)15(20-8-7-18-10-20)12-5-6-13-14(9-12)21-16(17)19-13/h5-11,15H,3-4H2,1-2H3,(H2,17,19). The van der Waals surface area contributed by atoms with Gasteiger partial charge < -0.3 is 10.3 Å². The van der Waals surface area contributed by atoms with Crippen LogP contribution < -0.4 is 5.73 Å². The third kappa shape index (κ3) is 2.65. The molecular formula is C16H20N4S. The summed E-state index contributed by atoms with van der Waals surface area (Å²) in [5.41, 5.74) is 8.10. The van der Waals surface area contributed by atoms with Crippen LogP contribution in [0.4, 0.5) is 5.13 Å². The maximum atomic E-state index is 5.82. The molecule has 2 N–H and O–H groups in total. The molecule has 0 spiro atoms. The average molecular weight is 300 g/mol. The molecule has 1 unspecified atom stereocenters. The number of nitrogens with zero attached hydrogens (tertiary/aromatic N) is 3. The Hall–Kier alpha value is -1.88. The van der Waals surface area contributed by atoms with Crippen molar-refractivity contribution >= 4 is 26.7 Å². The summed E-state index contributed by atoms with van der Waals surface area (Å²) in [6.07, 6.45) is 8.09. The van der Waals surface area contributed by atoms with Gasteiger partial charge >= 0.3 is 0 Å². The molecule has 1 atom stereocenters. The van der Waals surface area contributed by atoms with Gasteiger partial charge in [-0.25, -0.2) is 9.97 Å². The molecule has 0 fully saturated rings. The second-order valence-electron chi connectivity index (χ2n) is 5.31. The zero-order valence-electron chi connectivity index (χ0n) is 12.4. The molecule has 2 heterocycles. The van der Waals surface area contributed by atoms with Crippen LogP contribution in [0.25, 0.3) is 10.2 Å². The van der Waals surface area contributed by atoms with E-state index >= 15 is 0 Å². The van der Waals surface area contributed by atoms with Crippen molar-refractivity contribution in [1.82, 2.24) is 14.5 Å². The minimum Gasteiger partial charge on any atom is -0.375 e. The summed E-state index contributed by atoms with van der Waals surface area (Å²) in [6, 6.07) is 6.79. The molecule has 0 saturated heterocycles. The fourth-order valence-electron chi connectivity index (χ4n) is 3.00. The number of anilines is 1. The van der Waals surface area contributed by atoms with Gasteiger partial charge in [-0.15, -0.1) is 0 Å². The summed E-state index contributed by atoms with van der Waals surface area (Å²) in [5, 5.41) is 0.629. The Kier molecular flexibility index (Phi) is 3.92. The number of nitrogen functional groups attached to an aromatic ring is 1. The monoisotopic (exact) mass is 300 g/mol. The number of imidazole rings is 1. The molecule has 0 bridgehead atoms. The summed E-state index contributed by atoms with van der Waals surface area (Å²) in [7, 11) is 0. The number of aromatic nitrogens is 3. The zero-order chi connectivity index (χ0) is 14.8. The first kappa shape index (κ1) is 14.1. The number of nitrogens with two attached hydrogens (primary N) is 1. The minimum atomic E-state index is 0.315. The number of hydrogen-bond donors (Lipinski definition) is 1. The highest BCUT2D eigenvalue weighted by atomic mass is 32.1. The Labute approximate surface area is 128 Å². The van der Waals surface area contributed by atoms with E-state index in [9.17, 15) is 0 Å². The summed E-state index contributed by atoms with van der Waals surface area (Å²) in [4.78, 5) is 8.56. The van der Waals surface area contributed by atoms with Gasteiger partial charge in [-0.05, 0) is 23.6 Å². The Balaban J connectivity index is 2.08. The van der Waals surface area contributed by atoms with Gasteiger partial charge in [0.1, 0.15) is 0 Å². The van der Waals surface area contributed by atoms with Crippen molar-refractivity contribution in [2.75, 3.05) is 5.73 Å². The van der Waals surface area contributed by atoms with Crippen molar-refractivity contribution in [3.8, 4) is 0 Å². The highest BCUT2D eigenvalue weighted by molar-refractivity contribution is 7.22. The van der Waals surface area contributed by atoms with Gasteiger partial charge in [0.25, 0.3) is 0 Å². The van der Waals surface area contributed by atoms with Crippen LogP contribution in [0.5, 0.6) is 0 Å². The lowest BCUT2D eigenvalue weighted by Crippen LogP contribution is -2.18. The molecule has 4 nitrogen and oxygen atoms in total. The van der Waals surface area contributed by atoms with E-state index in [1.165, 1.54) is 5.56 Å². The average Bonchev–Trinajstić information content (AvgIpc) is 3.11. The molecule has 0 saturated carbocycles. The largest absolute Gasteiger partial charge is 0.375 e. The first-order valence-electron chi connectivity index (χ1n) is 7.36. The maximum absolute atomic E-state index is 5.82. The minimum absolute atomic E-state index is 0.315. The van der Waals surface area contributed by atoms with Crippen molar-refractivity contribution < 1.29 is 0 Å². The van der Waals surface area contributed by atoms with E-state index in [-0.39, 0.29) is 0 Å². The molecule has 0 radical (unpaired) electrons. The smallest absolute Gasteiger partial charge is 0.181 e. The van der Waals surface area contributed by atoms with E-state index in [4.69, 9.17) is 5.73 Å². The van der Waals surface area contributed by atoms with Crippen molar-refractivity contribution in [2.45, 2.75) is 32.7 Å². The topological polar surface area (TPSA) is 56.7 Å². The van der Waals surface area contributed by atoms with E-state index in [1.807, 2.05) is 18.7 Å². The highest BCUT2D eigenvalue weighted by Crippen LogP contribution is 2.34. The maximum Gasteiger partial charge on any atom is 0.181 e. The quantitative estimate of drug-likeness (QED) is 0.771. The third-order valence-electron chi connectivity index (χ3n) is 4.11. The molecular weight excluding hydrogens is 280 g/mol. The number of hydrogen-bond acceptors (Lipinski definition) is 4. The van der Waals surface area contributed by atoms with Crippen molar-refractivity contribution in [1.29, 1.82) is 0 Å². The lowest BCUT2D eigenvalue weighted by atomic mass is 9.88. The molecule has 0 aliphatic carbocycles. The number of benzene rings is 1. The van der Waals surface area contributed by atoms with Crippen molar-refractivity contribution in [3.05, 3.63) is 42.5 Å². The molecule has 2 aromatic heterocycles. The van der Waals surface area contributed by atoms with Gasteiger partial charge in [-0.2, -0.15) is 0 Å². The van der Waals surface area contributed by atoms with E-state index in [1.54, 1.807) is 11.3 Å². The van der Waals surface area contributed by atoms with Crippen LogP contribution in [0.2, 0.25) is 0 Å². The molecule has 5 heteroatoms. The second kappa shape index (κ2) is 5.85. The zero-order valence-corrected chi connectivity index (χ0v) is 13.2. The van der Waals surface area contributed by atoms with E-state index < -0.39 is 0 Å². The summed E-state index contributed by atoms with van der Waals surface area (Å²) in [5.74, 6) is 0.585. The number of rotatable bonds is 5. The van der Waals surface area contributed by atoms with Crippen LogP contribution in [0.1, 0.15) is 38.3 Å². The predicted molar refractivity (Wildman–Crippen MR) is 88.5 cm³/mol. The van der Waals surface area contributed by atoms with Gasteiger partial charge in [-0.1, -0.05) is 44.1 Å². The van der Waals surface area contributed by atoms with Crippen LogP contribution in [0, 0.1) is 5.92 Å². The molecule has 0 aliphatic heterocycles. The van der Waals surface area contributed by atoms with E-state index in [0.29, 0.717) is 17.1 Å². The first-order valence-corrected chi connectivity index (χ1v) is 8.18. The third-order valence-corrected chi connectivity index (χ3v) is 4.96. The van der Waals surface area contributed by atoms with Gasteiger partial charge in [0.05, 0.1) is 22.6 Å². The van der Waals surface area contributed by atoms with Crippen LogP contribution in [-0.2, 0) is 0 Å². The normalized spacial score (nSPS) is 13.1. The van der Waals surface area contributed by atoms with Crippen LogP contribution >= 0.6 is 11.3 Å². The van der Waals surface area contributed by atoms with Gasteiger partial charge in [0.2, 0.25) is 0 Å². The molecule has 110 valence electrons. The van der Waals surface area contributed by atoms with E-state index in [2.05, 4.69) is 46.6 Å². The molecule has 3 rings (SSSR count). The highest BCUT2D eigenvalue weighted by Gasteiger charge is 2.22. The van der Waals surface area contributed by atoms with E-state index in [0.717, 1.165) is 23.1 Å². The number of fused-ring (bicyclic) bond motifs is 1. The first-order chi connectivity index (χ1) is 10.2. The molecule has 1 aromatic carbocycles. The number of thiazole rings is 1. The van der Waals surface area contributed by atoms with Crippen molar-refractivity contribution in [2.24, 2.45) is 5.92 Å². The Morgan fingerprint density at radius 2 is 2.10 bits per heavy atom. The summed E-state index contributed by atoms with van der Waals surface area (Å²) < 4.78 is 3.37. The van der Waals surface area contributed by atoms with Crippen LogP contribution in [-0.4, -0.2) is 14.5 Å². The van der Waals surface area contributed by atoms with Gasteiger partial charge in [-0.3, -0.25) is 0 Å². The van der Waals surface area contributed by atoms with Crippen molar-refractivity contribution in [3.63, 3.8) is 0 Å². The fraction of sp³-hybridized carbons (Fsp3) is 0.375. The molecule has 0 amide bonds. The molecule has 3 aromatic rings. The second-order valence-corrected chi connectivity index (χ2v) is 6.37. The summed E-state index contributed by atoms with van der Waals surface area (Å²) >= 11 is 1.55. The Morgan fingerprint density at radius 3 is 2.76 bits per heavy atom. The Morgan fingerprint density at radius 1 is 1.29 bits per heavy atom. The predicted octanol–water partition coefficient (Wildman–Crippen LogP) is 4.10. The SMILES string of the molecule is CCC(CC)C(c1ccc2nc(N)sc2c1)n1ccnc1. The fourth-order valence-corrected chi connectivity index (χ4v) is 3.78. The lowest BCUT2D eigenvalue weighted by molar-refractivity contribution is 0.355. The summed E-state index contributed by atoms with van der Waals surface area (Å²) in [6.45, 7) is 4.50.